The highest BCUT2D eigenvalue weighted by molar-refractivity contribution is 5.73. The number of pyridine rings is 1. The molecule has 1 aliphatic heterocycles. The molecule has 1 atom stereocenters. The van der Waals surface area contributed by atoms with Gasteiger partial charge in [-0.05, 0) is 12.5 Å². The normalized spacial score (nSPS) is 26.2. The second-order valence-electron chi connectivity index (χ2n) is 3.94. The van der Waals surface area contributed by atoms with Gasteiger partial charge in [0.25, 0.3) is 0 Å². The lowest BCUT2D eigenvalue weighted by Crippen LogP contribution is -2.38. The Hall–Kier alpha value is -1.46. The maximum Gasteiger partial charge on any atom is 0.129 e. The first-order valence-corrected chi connectivity index (χ1v) is 4.95. The molecule has 1 fully saturated rings. The number of nitrogens with one attached hydrogen (secondary N) is 1. The quantitative estimate of drug-likeness (QED) is 0.710. The van der Waals surface area contributed by atoms with Crippen LogP contribution in [0, 0.1) is 0 Å². The molecule has 0 bridgehead atoms. The summed E-state index contributed by atoms with van der Waals surface area (Å²) in [4.78, 5) is 11.7. The Kier molecular flexibility index (Phi) is 1.77. The predicted octanol–water partition coefficient (Wildman–Crippen LogP) is 0.532. The molecule has 1 aliphatic rings. The fraction of sp³-hybridized carbons (Fsp3) is 0.400. The summed E-state index contributed by atoms with van der Waals surface area (Å²) >= 11 is 0. The lowest BCUT2D eigenvalue weighted by molar-refractivity contribution is 0.176. The number of aromatic amines is 1. The highest BCUT2D eigenvalue weighted by atomic mass is 16.5. The third-order valence-corrected chi connectivity index (χ3v) is 2.81. The van der Waals surface area contributed by atoms with E-state index in [2.05, 4.69) is 15.0 Å². The number of hydrogen-bond donors (Lipinski definition) is 2. The third-order valence-electron chi connectivity index (χ3n) is 2.81. The summed E-state index contributed by atoms with van der Waals surface area (Å²) in [7, 11) is 0. The van der Waals surface area contributed by atoms with Crippen molar-refractivity contribution in [3.05, 3.63) is 24.3 Å². The van der Waals surface area contributed by atoms with E-state index in [0.717, 1.165) is 23.3 Å². The summed E-state index contributed by atoms with van der Waals surface area (Å²) in [5.41, 5.74) is 7.57. The molecule has 0 saturated carbocycles. The number of fused-ring (bicyclic) bond motifs is 1. The second kappa shape index (κ2) is 3.01. The van der Waals surface area contributed by atoms with Crippen LogP contribution in [0.25, 0.3) is 11.0 Å². The van der Waals surface area contributed by atoms with Crippen molar-refractivity contribution in [1.29, 1.82) is 0 Å². The average molecular weight is 204 g/mol. The van der Waals surface area contributed by atoms with Crippen molar-refractivity contribution in [3.63, 3.8) is 0 Å². The molecule has 2 aromatic heterocycles. The van der Waals surface area contributed by atoms with Gasteiger partial charge in [-0.2, -0.15) is 0 Å². The van der Waals surface area contributed by atoms with E-state index in [9.17, 15) is 0 Å². The lowest BCUT2D eigenvalue weighted by atomic mass is 10.00. The number of ether oxygens (including phenoxy) is 1. The van der Waals surface area contributed by atoms with E-state index in [-0.39, 0.29) is 0 Å². The van der Waals surface area contributed by atoms with Gasteiger partial charge in [0.05, 0.1) is 23.8 Å². The second-order valence-corrected chi connectivity index (χ2v) is 3.94. The largest absolute Gasteiger partial charge is 0.379 e. The van der Waals surface area contributed by atoms with E-state index in [1.807, 2.05) is 6.07 Å². The molecule has 15 heavy (non-hydrogen) atoms. The van der Waals surface area contributed by atoms with Gasteiger partial charge in [-0.25, -0.2) is 4.98 Å². The van der Waals surface area contributed by atoms with Crippen molar-refractivity contribution >= 4 is 11.0 Å². The van der Waals surface area contributed by atoms with Crippen LogP contribution in [0.2, 0.25) is 0 Å². The van der Waals surface area contributed by atoms with Crippen LogP contribution < -0.4 is 5.73 Å². The van der Waals surface area contributed by atoms with Gasteiger partial charge in [0.1, 0.15) is 11.4 Å². The molecule has 0 radical (unpaired) electrons. The zero-order valence-corrected chi connectivity index (χ0v) is 8.23. The number of H-pyrrole nitrogens is 1. The Morgan fingerprint density at radius 2 is 2.47 bits per heavy atom. The van der Waals surface area contributed by atoms with Gasteiger partial charge in [-0.1, -0.05) is 0 Å². The summed E-state index contributed by atoms with van der Waals surface area (Å²) in [5.74, 6) is 0.794. The van der Waals surface area contributed by atoms with Crippen molar-refractivity contribution in [3.8, 4) is 0 Å². The van der Waals surface area contributed by atoms with Gasteiger partial charge in [-0.3, -0.25) is 4.98 Å². The molecule has 5 nitrogen and oxygen atoms in total. The number of hydrogen-bond acceptors (Lipinski definition) is 4. The smallest absolute Gasteiger partial charge is 0.129 e. The third kappa shape index (κ3) is 1.32. The first-order valence-electron chi connectivity index (χ1n) is 4.95. The van der Waals surface area contributed by atoms with Gasteiger partial charge in [0.2, 0.25) is 0 Å². The summed E-state index contributed by atoms with van der Waals surface area (Å²) in [5, 5.41) is 0. The summed E-state index contributed by atoms with van der Waals surface area (Å²) in [6, 6.07) is 1.87. The Bertz CT molecular complexity index is 454. The maximum atomic E-state index is 6.21. The molecule has 1 unspecified atom stereocenters. The van der Waals surface area contributed by atoms with Crippen LogP contribution in [0.15, 0.2) is 18.5 Å². The van der Waals surface area contributed by atoms with E-state index >= 15 is 0 Å². The maximum absolute atomic E-state index is 6.21. The molecule has 3 rings (SSSR count). The first-order chi connectivity index (χ1) is 7.28. The summed E-state index contributed by atoms with van der Waals surface area (Å²) in [6.45, 7) is 1.23. The first kappa shape index (κ1) is 8.82. The fourth-order valence-electron chi connectivity index (χ4n) is 1.86. The van der Waals surface area contributed by atoms with Crippen LogP contribution in [0.3, 0.4) is 0 Å². The van der Waals surface area contributed by atoms with Gasteiger partial charge < -0.3 is 15.5 Å². The van der Waals surface area contributed by atoms with Crippen LogP contribution in [-0.4, -0.2) is 28.2 Å². The minimum Gasteiger partial charge on any atom is -0.379 e. The van der Waals surface area contributed by atoms with Crippen LogP contribution >= 0.6 is 0 Å². The zero-order valence-electron chi connectivity index (χ0n) is 8.23. The topological polar surface area (TPSA) is 76.8 Å². The molecule has 2 aromatic rings. The Morgan fingerprint density at radius 1 is 1.53 bits per heavy atom. The molecule has 3 N–H and O–H groups in total. The molecular weight excluding hydrogens is 192 g/mol. The number of nitrogens with two attached hydrogens (primary N) is 1. The van der Waals surface area contributed by atoms with Gasteiger partial charge in [-0.15, -0.1) is 0 Å². The van der Waals surface area contributed by atoms with E-state index in [0.29, 0.717) is 13.2 Å². The fourth-order valence-corrected chi connectivity index (χ4v) is 1.86. The van der Waals surface area contributed by atoms with E-state index in [4.69, 9.17) is 10.5 Å². The Balaban J connectivity index is 2.11. The SMILES string of the molecule is NC1(c2nc3ccncc3[nH]2)CCOC1. The summed E-state index contributed by atoms with van der Waals surface area (Å²) in [6.07, 6.45) is 4.28. The van der Waals surface area contributed by atoms with E-state index in [1.165, 1.54) is 0 Å². The minimum absolute atomic E-state index is 0.459. The average Bonchev–Trinajstić information content (AvgIpc) is 2.84. The monoisotopic (exact) mass is 204 g/mol. The number of rotatable bonds is 1. The molecule has 0 aromatic carbocycles. The van der Waals surface area contributed by atoms with Crippen molar-refractivity contribution in [2.75, 3.05) is 13.2 Å². The Morgan fingerprint density at radius 3 is 3.20 bits per heavy atom. The van der Waals surface area contributed by atoms with Crippen LogP contribution in [-0.2, 0) is 10.3 Å². The van der Waals surface area contributed by atoms with Gasteiger partial charge >= 0.3 is 0 Å². The number of imidazole rings is 1. The molecule has 3 heterocycles. The minimum atomic E-state index is -0.459. The van der Waals surface area contributed by atoms with Crippen LogP contribution in [0.1, 0.15) is 12.2 Å². The van der Waals surface area contributed by atoms with Crippen molar-refractivity contribution in [2.24, 2.45) is 5.73 Å². The highest BCUT2D eigenvalue weighted by Crippen LogP contribution is 2.26. The molecule has 1 saturated heterocycles. The molecular formula is C10H12N4O. The number of aromatic nitrogens is 3. The van der Waals surface area contributed by atoms with E-state index in [1.54, 1.807) is 12.4 Å². The lowest BCUT2D eigenvalue weighted by Gasteiger charge is -2.17. The van der Waals surface area contributed by atoms with Gasteiger partial charge in [0, 0.05) is 12.8 Å². The molecule has 0 aliphatic carbocycles. The standard InChI is InChI=1S/C10H12N4O/c11-10(2-4-15-6-10)9-13-7-1-3-12-5-8(7)14-9/h1,3,5H,2,4,6,11H2,(H,13,14). The molecule has 0 amide bonds. The summed E-state index contributed by atoms with van der Waals surface area (Å²) < 4.78 is 5.31. The van der Waals surface area contributed by atoms with E-state index < -0.39 is 5.54 Å². The predicted molar refractivity (Wildman–Crippen MR) is 55.2 cm³/mol. The molecule has 0 spiro atoms. The van der Waals surface area contributed by atoms with Crippen molar-refractivity contribution in [2.45, 2.75) is 12.0 Å². The van der Waals surface area contributed by atoms with Crippen molar-refractivity contribution in [1.82, 2.24) is 15.0 Å². The molecule has 5 heteroatoms. The zero-order chi connectivity index (χ0) is 10.3. The van der Waals surface area contributed by atoms with Crippen LogP contribution in [0.4, 0.5) is 0 Å². The van der Waals surface area contributed by atoms with Crippen LogP contribution in [0.5, 0.6) is 0 Å². The number of nitrogens with zero attached hydrogens (tertiary/aromatic N) is 2. The highest BCUT2D eigenvalue weighted by Gasteiger charge is 2.35. The van der Waals surface area contributed by atoms with Crippen molar-refractivity contribution < 1.29 is 4.74 Å². The van der Waals surface area contributed by atoms with Gasteiger partial charge in [0.15, 0.2) is 0 Å². The Labute approximate surface area is 86.7 Å². The molecule has 78 valence electrons.